The second-order valence-corrected chi connectivity index (χ2v) is 18.7. The maximum atomic E-state index is 2.58. The summed E-state index contributed by atoms with van der Waals surface area (Å²) in [4.78, 5) is 0. The summed E-state index contributed by atoms with van der Waals surface area (Å²) in [6, 6.07) is 39.7. The van der Waals surface area contributed by atoms with Gasteiger partial charge in [0.25, 0.3) is 0 Å². The van der Waals surface area contributed by atoms with E-state index in [9.17, 15) is 0 Å². The molecule has 0 nitrogen and oxygen atoms in total. The lowest BCUT2D eigenvalue weighted by atomic mass is 9.72. The topological polar surface area (TPSA) is 0 Å². The molecule has 11 rings (SSSR count). The van der Waals surface area contributed by atoms with Gasteiger partial charge in [-0.25, -0.2) is 0 Å². The summed E-state index contributed by atoms with van der Waals surface area (Å²) in [7, 11) is 0. The van der Waals surface area contributed by atoms with Crippen LogP contribution in [0.25, 0.3) is 75.8 Å². The van der Waals surface area contributed by atoms with Gasteiger partial charge in [-0.15, -0.1) is 22.7 Å². The Morgan fingerprint density at radius 1 is 0.558 bits per heavy atom. The van der Waals surface area contributed by atoms with E-state index in [0.717, 1.165) is 6.42 Å². The molecule has 2 aromatic heterocycles. The molecule has 0 bridgehead atoms. The molecule has 52 heavy (non-hydrogen) atoms. The van der Waals surface area contributed by atoms with E-state index in [1.54, 1.807) is 0 Å². The van der Waals surface area contributed by atoms with E-state index in [0.29, 0.717) is 5.92 Å². The van der Waals surface area contributed by atoms with Gasteiger partial charge in [-0.05, 0) is 134 Å². The van der Waals surface area contributed by atoms with Gasteiger partial charge in [-0.3, -0.25) is 0 Å². The number of fused-ring (bicyclic) bond motifs is 13. The average molecular weight is 705 g/mol. The zero-order valence-corrected chi connectivity index (χ0v) is 32.2. The molecule has 0 aliphatic heterocycles. The minimum absolute atomic E-state index is 0.115. The number of aryl methyl sites for hydroxylation is 2. The Labute approximate surface area is 313 Å². The molecule has 3 aliphatic carbocycles. The molecule has 1 unspecified atom stereocenters. The highest BCUT2D eigenvalue weighted by atomic mass is 32.1. The van der Waals surface area contributed by atoms with Crippen molar-refractivity contribution >= 4 is 65.1 Å². The second-order valence-electron chi connectivity index (χ2n) is 16.5. The Balaban J connectivity index is 1.04. The molecular weight excluding hydrogens is 665 g/mol. The molecular formula is C50H40S2. The van der Waals surface area contributed by atoms with Gasteiger partial charge in [0.1, 0.15) is 0 Å². The van der Waals surface area contributed by atoms with Crippen molar-refractivity contribution in [1.29, 1.82) is 0 Å². The largest absolute Gasteiger partial charge is 0.136 e. The zero-order valence-electron chi connectivity index (χ0n) is 30.6. The third-order valence-electron chi connectivity index (χ3n) is 12.8. The van der Waals surface area contributed by atoms with Crippen molar-refractivity contribution < 1.29 is 0 Å². The molecule has 8 aromatic rings. The Morgan fingerprint density at radius 2 is 1.17 bits per heavy atom. The summed E-state index contributed by atoms with van der Waals surface area (Å²) in [6.45, 7) is 14.6. The molecule has 0 fully saturated rings. The molecule has 252 valence electrons. The van der Waals surface area contributed by atoms with Crippen molar-refractivity contribution in [2.75, 3.05) is 0 Å². The van der Waals surface area contributed by atoms with Gasteiger partial charge < -0.3 is 0 Å². The third-order valence-corrected chi connectivity index (χ3v) is 15.1. The van der Waals surface area contributed by atoms with Crippen LogP contribution in [0.5, 0.6) is 0 Å². The molecule has 0 amide bonds. The van der Waals surface area contributed by atoms with E-state index in [4.69, 9.17) is 0 Å². The Hall–Kier alpha value is -4.76. The first-order valence-corrected chi connectivity index (χ1v) is 20.3. The van der Waals surface area contributed by atoms with Gasteiger partial charge >= 0.3 is 0 Å². The third kappa shape index (κ3) is 4.03. The molecule has 3 aliphatic rings. The first kappa shape index (κ1) is 30.8. The van der Waals surface area contributed by atoms with Crippen LogP contribution < -0.4 is 9.75 Å². The van der Waals surface area contributed by atoms with E-state index in [1.807, 2.05) is 22.7 Å². The van der Waals surface area contributed by atoms with Gasteiger partial charge in [-0.1, -0.05) is 113 Å². The van der Waals surface area contributed by atoms with E-state index in [2.05, 4.69) is 157 Å². The summed E-state index contributed by atoms with van der Waals surface area (Å²) in [5.41, 5.74) is 18.3. The number of rotatable bonds is 2. The predicted molar refractivity (Wildman–Crippen MR) is 227 cm³/mol. The fourth-order valence-corrected chi connectivity index (χ4v) is 12.5. The molecule has 0 radical (unpaired) electrons. The van der Waals surface area contributed by atoms with Crippen molar-refractivity contribution in [2.24, 2.45) is 0 Å². The minimum atomic E-state index is -0.130. The molecule has 2 heterocycles. The summed E-state index contributed by atoms with van der Waals surface area (Å²) >= 11 is 3.82. The summed E-state index contributed by atoms with van der Waals surface area (Å²) in [6.07, 6.45) is 6.10. The number of benzene rings is 6. The molecule has 0 spiro atoms. The maximum absolute atomic E-state index is 2.58. The molecule has 6 aromatic carbocycles. The first-order valence-electron chi connectivity index (χ1n) is 18.7. The van der Waals surface area contributed by atoms with E-state index >= 15 is 0 Å². The van der Waals surface area contributed by atoms with Crippen molar-refractivity contribution in [3.8, 4) is 33.4 Å². The Kier molecular flexibility index (Phi) is 6.19. The van der Waals surface area contributed by atoms with E-state index in [1.165, 1.54) is 112 Å². The van der Waals surface area contributed by atoms with Crippen LogP contribution >= 0.6 is 22.7 Å². The first-order chi connectivity index (χ1) is 25.1. The minimum Gasteiger partial charge on any atom is -0.136 e. The number of hydrogen-bond donors (Lipinski definition) is 0. The van der Waals surface area contributed by atoms with Crippen molar-refractivity contribution in [2.45, 2.75) is 64.7 Å². The lowest BCUT2D eigenvalue weighted by Gasteiger charge is -2.31. The van der Waals surface area contributed by atoms with Crippen LogP contribution in [0.3, 0.4) is 0 Å². The van der Waals surface area contributed by atoms with Crippen molar-refractivity contribution in [1.82, 2.24) is 0 Å². The van der Waals surface area contributed by atoms with Crippen LogP contribution in [-0.2, 0) is 10.8 Å². The SMILES string of the molecule is Cc1cc(-c2ccc3sc4ccccc4c3c2)cc2c1-c1ccc3c(c1C2(C)C)C(C)(C)c1cc(C2C=c4c(sc5ccccc45)=CC2)cc(C)c1-3. The normalized spacial score (nSPS) is 17.4. The molecule has 1 atom stereocenters. The zero-order chi connectivity index (χ0) is 35.3. The molecule has 0 saturated carbocycles. The van der Waals surface area contributed by atoms with E-state index < -0.39 is 0 Å². The summed E-state index contributed by atoms with van der Waals surface area (Å²) < 4.78 is 5.53. The van der Waals surface area contributed by atoms with Gasteiger partial charge in [-0.2, -0.15) is 0 Å². The molecule has 0 N–H and O–H groups in total. The fourth-order valence-electron chi connectivity index (χ4n) is 10.3. The number of hydrogen-bond acceptors (Lipinski definition) is 2. The van der Waals surface area contributed by atoms with Crippen molar-refractivity contribution in [3.63, 3.8) is 0 Å². The van der Waals surface area contributed by atoms with Crippen LogP contribution in [0.1, 0.15) is 79.0 Å². The maximum Gasteiger partial charge on any atom is 0.0355 e. The standard InChI is InChI=1S/C50H40S2/c1-27-21-31(29-15-19-43-37(23-29)33-11-7-9-13-41(33)51-43)25-39-45(27)35-17-18-36-46-28(2)22-32(26-40(46)50(5,6)48(36)47(35)49(39,3)4)30-16-20-44-38(24-30)34-12-8-10-14-42(34)52-44/h7-15,17-26,30H,16H2,1-6H3. The Bertz CT molecular complexity index is 3010. The highest BCUT2D eigenvalue weighted by Gasteiger charge is 2.46. The highest BCUT2D eigenvalue weighted by Crippen LogP contribution is 2.60. The second kappa shape index (κ2) is 10.4. The number of thiophene rings is 2. The van der Waals surface area contributed by atoms with E-state index in [-0.39, 0.29) is 10.8 Å². The fraction of sp³-hybridized carbons (Fsp3) is 0.200. The van der Waals surface area contributed by atoms with Gasteiger partial charge in [0.05, 0.1) is 0 Å². The lowest BCUT2D eigenvalue weighted by Crippen LogP contribution is -2.25. The van der Waals surface area contributed by atoms with Crippen LogP contribution in [0.2, 0.25) is 0 Å². The monoisotopic (exact) mass is 704 g/mol. The van der Waals surface area contributed by atoms with Crippen LogP contribution in [-0.4, -0.2) is 0 Å². The van der Waals surface area contributed by atoms with Crippen LogP contribution in [0, 0.1) is 13.8 Å². The quantitative estimate of drug-likeness (QED) is 0.168. The molecule has 0 saturated heterocycles. The van der Waals surface area contributed by atoms with Crippen LogP contribution in [0.4, 0.5) is 0 Å². The van der Waals surface area contributed by atoms with Gasteiger partial charge in [0, 0.05) is 46.2 Å². The van der Waals surface area contributed by atoms with Gasteiger partial charge in [0.15, 0.2) is 0 Å². The smallest absolute Gasteiger partial charge is 0.0355 e. The van der Waals surface area contributed by atoms with Crippen LogP contribution in [0.15, 0.2) is 103 Å². The van der Waals surface area contributed by atoms with Crippen molar-refractivity contribution in [3.05, 3.63) is 152 Å². The lowest BCUT2D eigenvalue weighted by molar-refractivity contribution is 0.600. The summed E-state index contributed by atoms with van der Waals surface area (Å²) in [5.74, 6) is 0.382. The predicted octanol–water partition coefficient (Wildman–Crippen LogP) is 12.9. The summed E-state index contributed by atoms with van der Waals surface area (Å²) in [5, 5.41) is 5.53. The average Bonchev–Trinajstić information content (AvgIpc) is 3.83. The van der Waals surface area contributed by atoms with Gasteiger partial charge in [0.2, 0.25) is 0 Å². The Morgan fingerprint density at radius 3 is 1.90 bits per heavy atom. The molecule has 2 heteroatoms. The highest BCUT2D eigenvalue weighted by molar-refractivity contribution is 7.25.